The molecule has 0 bridgehead atoms. The van der Waals surface area contributed by atoms with Gasteiger partial charge in [0, 0.05) is 17.9 Å². The Kier molecular flexibility index (Phi) is 4.76. The molecule has 1 aromatic carbocycles. The lowest BCUT2D eigenvalue weighted by molar-refractivity contribution is -0.141. The Morgan fingerprint density at radius 1 is 1.29 bits per heavy atom. The molecule has 0 aromatic heterocycles. The number of ether oxygens (including phenoxy) is 3. The molecule has 0 amide bonds. The molecule has 0 saturated carbocycles. The lowest BCUT2D eigenvalue weighted by atomic mass is 9.89. The van der Waals surface area contributed by atoms with Crippen LogP contribution in [0.5, 0.6) is 11.5 Å². The highest BCUT2D eigenvalue weighted by atomic mass is 16.5. The Balaban J connectivity index is 2.37. The molecule has 0 spiro atoms. The van der Waals surface area contributed by atoms with E-state index in [4.69, 9.17) is 14.2 Å². The molecule has 4 nitrogen and oxygen atoms in total. The third-order valence-corrected chi connectivity index (χ3v) is 4.08. The number of hydrogen-bond acceptors (Lipinski definition) is 4. The first-order valence-electron chi connectivity index (χ1n) is 7.41. The summed E-state index contributed by atoms with van der Waals surface area (Å²) in [5, 5.41) is 0. The molecule has 1 saturated heterocycles. The van der Waals surface area contributed by atoms with Crippen LogP contribution in [-0.2, 0) is 16.0 Å². The fourth-order valence-corrected chi connectivity index (χ4v) is 2.99. The highest BCUT2D eigenvalue weighted by Gasteiger charge is 2.32. The molecule has 0 N–H and O–H groups in total. The van der Waals surface area contributed by atoms with Crippen molar-refractivity contribution in [3.05, 3.63) is 23.3 Å². The zero-order chi connectivity index (χ0) is 15.6. The number of carbonyl (C=O) groups excluding carboxylic acids is 1. The molecular weight excluding hydrogens is 268 g/mol. The van der Waals surface area contributed by atoms with Gasteiger partial charge in [0.25, 0.3) is 0 Å². The molecule has 4 heteroatoms. The Bertz CT molecular complexity index is 522. The number of rotatable bonds is 5. The summed E-state index contributed by atoms with van der Waals surface area (Å²) < 4.78 is 16.4. The average molecular weight is 292 g/mol. The van der Waals surface area contributed by atoms with Crippen LogP contribution < -0.4 is 9.47 Å². The molecule has 0 radical (unpaired) electrons. The van der Waals surface area contributed by atoms with Gasteiger partial charge < -0.3 is 14.2 Å². The maximum atomic E-state index is 11.4. The van der Waals surface area contributed by atoms with E-state index in [2.05, 4.69) is 26.8 Å². The third-order valence-electron chi connectivity index (χ3n) is 4.08. The molecule has 116 valence electrons. The summed E-state index contributed by atoms with van der Waals surface area (Å²) in [7, 11) is 3.30. The van der Waals surface area contributed by atoms with E-state index in [-0.39, 0.29) is 18.0 Å². The monoisotopic (exact) mass is 292 g/mol. The van der Waals surface area contributed by atoms with Gasteiger partial charge in [-0.15, -0.1) is 0 Å². The van der Waals surface area contributed by atoms with E-state index >= 15 is 0 Å². The summed E-state index contributed by atoms with van der Waals surface area (Å²) in [6.45, 7) is 6.32. The SMILES string of the molecule is COc1ccc(CC2OC(=O)CC2C)c(C(C)C)c1OC. The van der Waals surface area contributed by atoms with Crippen LogP contribution in [0.2, 0.25) is 0 Å². The highest BCUT2D eigenvalue weighted by Crippen LogP contribution is 2.39. The first-order valence-corrected chi connectivity index (χ1v) is 7.41. The first kappa shape index (κ1) is 15.7. The van der Waals surface area contributed by atoms with E-state index in [1.54, 1.807) is 14.2 Å². The minimum Gasteiger partial charge on any atom is -0.493 e. The van der Waals surface area contributed by atoms with Crippen molar-refractivity contribution in [3.63, 3.8) is 0 Å². The lowest BCUT2D eigenvalue weighted by Crippen LogP contribution is -2.18. The zero-order valence-electron chi connectivity index (χ0n) is 13.4. The minimum absolute atomic E-state index is 0.0481. The molecule has 0 aliphatic carbocycles. The van der Waals surface area contributed by atoms with Crippen LogP contribution in [0, 0.1) is 5.92 Å². The molecule has 1 aliphatic rings. The molecule has 1 heterocycles. The van der Waals surface area contributed by atoms with E-state index < -0.39 is 0 Å². The summed E-state index contributed by atoms with van der Waals surface area (Å²) in [6.07, 6.45) is 1.18. The topological polar surface area (TPSA) is 44.8 Å². The van der Waals surface area contributed by atoms with E-state index in [9.17, 15) is 4.79 Å². The minimum atomic E-state index is -0.0981. The summed E-state index contributed by atoms with van der Waals surface area (Å²) >= 11 is 0. The molecule has 2 unspecified atom stereocenters. The Morgan fingerprint density at radius 2 is 2.00 bits per heavy atom. The standard InChI is InChI=1S/C17H24O4/c1-10(2)16-12(6-7-13(19-4)17(16)20-5)9-14-11(3)8-15(18)21-14/h6-7,10-11,14H,8-9H2,1-5H3. The largest absolute Gasteiger partial charge is 0.493 e. The van der Waals surface area contributed by atoms with E-state index in [0.29, 0.717) is 12.3 Å². The van der Waals surface area contributed by atoms with Gasteiger partial charge in [-0.2, -0.15) is 0 Å². The van der Waals surface area contributed by atoms with Crippen molar-refractivity contribution in [2.45, 2.75) is 45.6 Å². The maximum Gasteiger partial charge on any atom is 0.306 e. The molecular formula is C17H24O4. The van der Waals surface area contributed by atoms with Crippen molar-refractivity contribution in [1.29, 1.82) is 0 Å². The summed E-state index contributed by atoms with van der Waals surface area (Å²) in [6, 6.07) is 3.97. The van der Waals surface area contributed by atoms with Gasteiger partial charge in [0.2, 0.25) is 0 Å². The van der Waals surface area contributed by atoms with Crippen LogP contribution in [-0.4, -0.2) is 26.3 Å². The third kappa shape index (κ3) is 3.14. The van der Waals surface area contributed by atoms with Crippen LogP contribution >= 0.6 is 0 Å². The van der Waals surface area contributed by atoms with Crippen molar-refractivity contribution in [3.8, 4) is 11.5 Å². The normalized spacial score (nSPS) is 21.5. The number of hydrogen-bond donors (Lipinski definition) is 0. The molecule has 1 aliphatic heterocycles. The van der Waals surface area contributed by atoms with Gasteiger partial charge in [0.1, 0.15) is 6.10 Å². The van der Waals surface area contributed by atoms with Crippen molar-refractivity contribution in [2.75, 3.05) is 14.2 Å². The fourth-order valence-electron chi connectivity index (χ4n) is 2.99. The van der Waals surface area contributed by atoms with Crippen molar-refractivity contribution >= 4 is 5.97 Å². The van der Waals surface area contributed by atoms with Gasteiger partial charge in [0.15, 0.2) is 11.5 Å². The second-order valence-corrected chi connectivity index (χ2v) is 5.94. The number of methoxy groups -OCH3 is 2. The van der Waals surface area contributed by atoms with E-state index in [0.717, 1.165) is 29.0 Å². The quantitative estimate of drug-likeness (QED) is 0.781. The summed E-state index contributed by atoms with van der Waals surface area (Å²) in [5.74, 6) is 1.98. The highest BCUT2D eigenvalue weighted by molar-refractivity contribution is 5.72. The smallest absolute Gasteiger partial charge is 0.306 e. The average Bonchev–Trinajstić information content (AvgIpc) is 2.75. The summed E-state index contributed by atoms with van der Waals surface area (Å²) in [5.41, 5.74) is 2.29. The number of carbonyl (C=O) groups is 1. The molecule has 1 aromatic rings. The predicted octanol–water partition coefficient (Wildman–Crippen LogP) is 3.32. The van der Waals surface area contributed by atoms with Crippen LogP contribution in [0.3, 0.4) is 0 Å². The molecule has 21 heavy (non-hydrogen) atoms. The van der Waals surface area contributed by atoms with Crippen LogP contribution in [0.15, 0.2) is 12.1 Å². The summed E-state index contributed by atoms with van der Waals surface area (Å²) in [4.78, 5) is 11.4. The predicted molar refractivity (Wildman–Crippen MR) is 81.0 cm³/mol. The van der Waals surface area contributed by atoms with Gasteiger partial charge in [-0.1, -0.05) is 26.8 Å². The van der Waals surface area contributed by atoms with Crippen molar-refractivity contribution in [1.82, 2.24) is 0 Å². The van der Waals surface area contributed by atoms with Gasteiger partial charge in [-0.25, -0.2) is 0 Å². The second-order valence-electron chi connectivity index (χ2n) is 5.94. The van der Waals surface area contributed by atoms with Crippen LogP contribution in [0.4, 0.5) is 0 Å². The van der Waals surface area contributed by atoms with Crippen molar-refractivity contribution < 1.29 is 19.0 Å². The van der Waals surface area contributed by atoms with Gasteiger partial charge in [-0.05, 0) is 17.5 Å². The van der Waals surface area contributed by atoms with Gasteiger partial charge >= 0.3 is 5.97 Å². The maximum absolute atomic E-state index is 11.4. The lowest BCUT2D eigenvalue weighted by Gasteiger charge is -2.22. The van der Waals surface area contributed by atoms with Crippen LogP contribution in [0.25, 0.3) is 0 Å². The van der Waals surface area contributed by atoms with Gasteiger partial charge in [0.05, 0.1) is 20.6 Å². The van der Waals surface area contributed by atoms with E-state index in [1.165, 1.54) is 0 Å². The Labute approximate surface area is 126 Å². The Morgan fingerprint density at radius 3 is 2.48 bits per heavy atom. The molecule has 2 atom stereocenters. The number of esters is 1. The zero-order valence-corrected chi connectivity index (χ0v) is 13.4. The van der Waals surface area contributed by atoms with Gasteiger partial charge in [-0.3, -0.25) is 4.79 Å². The second kappa shape index (κ2) is 6.37. The molecule has 1 fully saturated rings. The van der Waals surface area contributed by atoms with E-state index in [1.807, 2.05) is 6.07 Å². The number of benzene rings is 1. The fraction of sp³-hybridized carbons (Fsp3) is 0.588. The van der Waals surface area contributed by atoms with Crippen LogP contribution in [0.1, 0.15) is 44.2 Å². The first-order chi connectivity index (χ1) is 9.97. The van der Waals surface area contributed by atoms with Crippen molar-refractivity contribution in [2.24, 2.45) is 5.92 Å². The number of cyclic esters (lactones) is 1. The molecule has 2 rings (SSSR count). The Hall–Kier alpha value is -1.71.